The predicted octanol–water partition coefficient (Wildman–Crippen LogP) is 2.71. The molecule has 1 amide bonds. The second-order valence-electron chi connectivity index (χ2n) is 6.29. The molecule has 0 aromatic heterocycles. The third kappa shape index (κ3) is 4.35. The van der Waals surface area contributed by atoms with Gasteiger partial charge in [-0.2, -0.15) is 4.99 Å². The Balaban J connectivity index is 1.91. The number of ether oxygens (including phenoxy) is 1. The molecule has 2 atom stereocenters. The van der Waals surface area contributed by atoms with Crippen LogP contribution in [0.2, 0.25) is 0 Å². The number of nitrogens with zero attached hydrogens (tertiary/aromatic N) is 2. The number of hydrogen-bond donors (Lipinski definition) is 0. The van der Waals surface area contributed by atoms with Crippen molar-refractivity contribution >= 4 is 50.0 Å². The van der Waals surface area contributed by atoms with E-state index in [-0.39, 0.29) is 28.7 Å². The fraction of sp³-hybridized carbons (Fsp3) is 0.529. The molecule has 0 unspecified atom stereocenters. The number of aliphatic imine (C=N–C) groups is 1. The minimum absolute atomic E-state index is 0.0552. The van der Waals surface area contributed by atoms with Crippen molar-refractivity contribution < 1.29 is 17.9 Å². The molecular formula is C17H21ClN2O4S2. The van der Waals surface area contributed by atoms with E-state index < -0.39 is 15.7 Å². The smallest absolute Gasteiger partial charge is 0.262 e. The predicted molar refractivity (Wildman–Crippen MR) is 106 cm³/mol. The summed E-state index contributed by atoms with van der Waals surface area (Å²) >= 11 is 6.92. The van der Waals surface area contributed by atoms with Crippen molar-refractivity contribution in [2.45, 2.75) is 31.1 Å². The number of sulfone groups is 1. The van der Waals surface area contributed by atoms with E-state index in [1.807, 2.05) is 29.2 Å². The lowest BCUT2D eigenvalue weighted by atomic mass is 10.2. The van der Waals surface area contributed by atoms with Crippen LogP contribution in [0.1, 0.15) is 19.8 Å². The van der Waals surface area contributed by atoms with Crippen molar-refractivity contribution in [1.29, 1.82) is 0 Å². The summed E-state index contributed by atoms with van der Waals surface area (Å²) in [6, 6.07) is 7.23. The molecule has 2 aliphatic heterocycles. The van der Waals surface area contributed by atoms with Gasteiger partial charge in [0.2, 0.25) is 0 Å². The third-order valence-electron chi connectivity index (χ3n) is 4.26. The number of benzene rings is 1. The number of fused-ring (bicyclic) bond motifs is 1. The van der Waals surface area contributed by atoms with Crippen LogP contribution >= 0.6 is 23.4 Å². The SMILES string of the molecule is CCCCOc1cccc(N2C(=NC(=O)CCl)S[C@H]3CS(=O)(=O)C[C@@H]32)c1. The van der Waals surface area contributed by atoms with E-state index in [0.717, 1.165) is 18.5 Å². The first kappa shape index (κ1) is 19.5. The monoisotopic (exact) mass is 416 g/mol. The van der Waals surface area contributed by atoms with Gasteiger partial charge in [-0.3, -0.25) is 4.79 Å². The quantitative estimate of drug-likeness (QED) is 0.524. The fourth-order valence-corrected chi connectivity index (χ4v) is 7.05. The summed E-state index contributed by atoms with van der Waals surface area (Å²) in [5.74, 6) is 0.232. The van der Waals surface area contributed by atoms with Crippen LogP contribution in [0.15, 0.2) is 29.3 Å². The summed E-state index contributed by atoms with van der Waals surface area (Å²) in [6.07, 6.45) is 2.01. The Morgan fingerprint density at radius 3 is 2.96 bits per heavy atom. The number of carbonyl (C=O) groups is 1. The third-order valence-corrected chi connectivity index (χ3v) is 7.70. The summed E-state index contributed by atoms with van der Waals surface area (Å²) in [7, 11) is -3.09. The largest absolute Gasteiger partial charge is 0.494 e. The summed E-state index contributed by atoms with van der Waals surface area (Å²) in [5.41, 5.74) is 0.775. The molecule has 26 heavy (non-hydrogen) atoms. The Hall–Kier alpha value is -1.25. The van der Waals surface area contributed by atoms with Crippen molar-refractivity contribution in [2.24, 2.45) is 4.99 Å². The molecule has 0 bridgehead atoms. The fourth-order valence-electron chi connectivity index (χ4n) is 3.06. The van der Waals surface area contributed by atoms with Crippen LogP contribution in [0.3, 0.4) is 0 Å². The molecule has 1 aromatic carbocycles. The highest BCUT2D eigenvalue weighted by atomic mass is 35.5. The second-order valence-corrected chi connectivity index (χ2v) is 9.92. The number of unbranched alkanes of at least 4 members (excludes halogenated alkanes) is 1. The van der Waals surface area contributed by atoms with Gasteiger partial charge in [0.1, 0.15) is 11.6 Å². The molecule has 1 aromatic rings. The van der Waals surface area contributed by atoms with Gasteiger partial charge in [-0.15, -0.1) is 11.6 Å². The highest BCUT2D eigenvalue weighted by Gasteiger charge is 2.49. The molecule has 3 rings (SSSR count). The summed E-state index contributed by atoms with van der Waals surface area (Å²) in [6.45, 7) is 2.72. The summed E-state index contributed by atoms with van der Waals surface area (Å²) in [5, 5.41) is 0.373. The molecule has 2 saturated heterocycles. The van der Waals surface area contributed by atoms with Crippen LogP contribution in [-0.4, -0.2) is 54.8 Å². The molecular weight excluding hydrogens is 396 g/mol. The number of hydrogen-bond acceptors (Lipinski definition) is 5. The van der Waals surface area contributed by atoms with E-state index in [9.17, 15) is 13.2 Å². The van der Waals surface area contributed by atoms with E-state index in [2.05, 4.69) is 11.9 Å². The number of anilines is 1. The Labute approximate surface area is 162 Å². The number of alkyl halides is 1. The molecule has 142 valence electrons. The first-order chi connectivity index (χ1) is 12.4. The van der Waals surface area contributed by atoms with E-state index in [1.54, 1.807) is 0 Å². The molecule has 0 N–H and O–H groups in total. The molecule has 0 aliphatic carbocycles. The maximum Gasteiger partial charge on any atom is 0.262 e. The maximum atomic E-state index is 12.1. The van der Waals surface area contributed by atoms with Crippen LogP contribution in [0.4, 0.5) is 5.69 Å². The van der Waals surface area contributed by atoms with Gasteiger partial charge in [-0.05, 0) is 18.6 Å². The van der Waals surface area contributed by atoms with Crippen LogP contribution < -0.4 is 9.64 Å². The van der Waals surface area contributed by atoms with Crippen molar-refractivity contribution in [3.05, 3.63) is 24.3 Å². The van der Waals surface area contributed by atoms with Gasteiger partial charge >= 0.3 is 0 Å². The lowest BCUT2D eigenvalue weighted by Gasteiger charge is -2.25. The molecule has 0 radical (unpaired) electrons. The molecule has 0 saturated carbocycles. The molecule has 2 heterocycles. The number of halogens is 1. The van der Waals surface area contributed by atoms with Gasteiger partial charge in [-0.1, -0.05) is 31.2 Å². The Kier molecular flexibility index (Phi) is 6.14. The zero-order chi connectivity index (χ0) is 18.7. The number of rotatable bonds is 6. The molecule has 2 fully saturated rings. The topological polar surface area (TPSA) is 76.0 Å². The minimum atomic E-state index is -3.09. The van der Waals surface area contributed by atoms with Gasteiger partial charge in [-0.25, -0.2) is 8.42 Å². The van der Waals surface area contributed by atoms with Crippen LogP contribution in [0.25, 0.3) is 0 Å². The van der Waals surface area contributed by atoms with E-state index in [4.69, 9.17) is 16.3 Å². The van der Waals surface area contributed by atoms with E-state index >= 15 is 0 Å². The first-order valence-electron chi connectivity index (χ1n) is 8.50. The van der Waals surface area contributed by atoms with Gasteiger partial charge in [0.25, 0.3) is 5.91 Å². The van der Waals surface area contributed by atoms with E-state index in [1.165, 1.54) is 11.8 Å². The molecule has 9 heteroatoms. The number of carbonyl (C=O) groups excluding carboxylic acids is 1. The number of amidine groups is 1. The number of thioether (sulfide) groups is 1. The Morgan fingerprint density at radius 1 is 1.42 bits per heavy atom. The zero-order valence-electron chi connectivity index (χ0n) is 14.4. The Bertz CT molecular complexity index is 813. The van der Waals surface area contributed by atoms with Crippen LogP contribution in [0, 0.1) is 0 Å². The normalized spacial score (nSPS) is 25.5. The molecule has 6 nitrogen and oxygen atoms in total. The van der Waals surface area contributed by atoms with Gasteiger partial charge in [0.15, 0.2) is 15.0 Å². The number of amides is 1. The van der Waals surface area contributed by atoms with Crippen LogP contribution in [0.5, 0.6) is 5.75 Å². The lowest BCUT2D eigenvalue weighted by Crippen LogP contribution is -2.37. The summed E-state index contributed by atoms with van der Waals surface area (Å²) in [4.78, 5) is 17.7. The van der Waals surface area contributed by atoms with Crippen LogP contribution in [-0.2, 0) is 14.6 Å². The summed E-state index contributed by atoms with van der Waals surface area (Å²) < 4.78 is 29.9. The minimum Gasteiger partial charge on any atom is -0.494 e. The van der Waals surface area contributed by atoms with Gasteiger partial charge in [0, 0.05) is 17.0 Å². The standard InChI is InChI=1S/C17H21ClN2O4S2/c1-2-3-7-24-13-6-4-5-12(8-13)20-14-10-26(22,23)11-15(14)25-17(20)19-16(21)9-18/h4-6,8,14-15H,2-3,7,9-11H2,1H3/t14-,15-/m0/s1. The van der Waals surface area contributed by atoms with Gasteiger partial charge in [0.05, 0.1) is 24.2 Å². The average molecular weight is 417 g/mol. The first-order valence-corrected chi connectivity index (χ1v) is 11.7. The highest BCUT2D eigenvalue weighted by Crippen LogP contribution is 2.41. The maximum absolute atomic E-state index is 12.1. The second kappa shape index (κ2) is 8.19. The van der Waals surface area contributed by atoms with Gasteiger partial charge < -0.3 is 9.64 Å². The van der Waals surface area contributed by atoms with Crippen molar-refractivity contribution in [3.8, 4) is 5.75 Å². The molecule has 0 spiro atoms. The highest BCUT2D eigenvalue weighted by molar-refractivity contribution is 8.16. The Morgan fingerprint density at radius 2 is 2.23 bits per heavy atom. The van der Waals surface area contributed by atoms with Crippen molar-refractivity contribution in [2.75, 3.05) is 28.9 Å². The van der Waals surface area contributed by atoms with Crippen molar-refractivity contribution in [3.63, 3.8) is 0 Å². The van der Waals surface area contributed by atoms with E-state index in [0.29, 0.717) is 17.5 Å². The van der Waals surface area contributed by atoms with Crippen molar-refractivity contribution in [1.82, 2.24) is 0 Å². The lowest BCUT2D eigenvalue weighted by molar-refractivity contribution is -0.115. The molecule has 2 aliphatic rings. The average Bonchev–Trinajstić information content (AvgIpc) is 3.06. The zero-order valence-corrected chi connectivity index (χ0v) is 16.8.